The Hall–Kier alpha value is -1.15. The molecule has 1 saturated heterocycles. The van der Waals surface area contributed by atoms with Crippen molar-refractivity contribution in [3.63, 3.8) is 0 Å². The van der Waals surface area contributed by atoms with Gasteiger partial charge >= 0.3 is 0 Å². The van der Waals surface area contributed by atoms with Gasteiger partial charge in [-0.2, -0.15) is 0 Å². The third-order valence-corrected chi connectivity index (χ3v) is 5.25. The van der Waals surface area contributed by atoms with Crippen molar-refractivity contribution in [2.24, 2.45) is 5.14 Å². The van der Waals surface area contributed by atoms with E-state index in [1.165, 1.54) is 0 Å². The van der Waals surface area contributed by atoms with Gasteiger partial charge in [0.2, 0.25) is 10.0 Å². The van der Waals surface area contributed by atoms with E-state index in [9.17, 15) is 13.5 Å². The van der Waals surface area contributed by atoms with Crippen molar-refractivity contribution in [1.29, 1.82) is 0 Å². The summed E-state index contributed by atoms with van der Waals surface area (Å²) >= 11 is 0. The minimum atomic E-state index is -3.49. The maximum Gasteiger partial charge on any atom is 0.213 e. The number of β-amino-alcohol motifs (C(OH)–C–C–N with tert-alkyl or cyclic N) is 1. The summed E-state index contributed by atoms with van der Waals surface area (Å²) in [6.07, 6.45) is -0.150. The molecule has 1 fully saturated rings. The van der Waals surface area contributed by atoms with Crippen LogP contribution in [0.4, 0.5) is 0 Å². The summed E-state index contributed by atoms with van der Waals surface area (Å²) in [6.45, 7) is 5.51. The topological polar surface area (TPSA) is 92.9 Å². The number of ether oxygens (including phenoxy) is 1. The molecular weight excluding hydrogens is 304 g/mol. The van der Waals surface area contributed by atoms with Gasteiger partial charge in [0.15, 0.2) is 0 Å². The number of rotatable bonds is 6. The van der Waals surface area contributed by atoms with Gasteiger partial charge in [0.25, 0.3) is 0 Å². The molecule has 22 heavy (non-hydrogen) atoms. The molecule has 0 aromatic heterocycles. The summed E-state index contributed by atoms with van der Waals surface area (Å²) in [7, 11) is -3.49. The van der Waals surface area contributed by atoms with Crippen molar-refractivity contribution < 1.29 is 18.3 Å². The first kappa shape index (κ1) is 17.2. The van der Waals surface area contributed by atoms with Crippen LogP contribution in [0.5, 0.6) is 5.75 Å². The van der Waals surface area contributed by atoms with Crippen LogP contribution in [-0.2, 0) is 10.0 Å². The minimum absolute atomic E-state index is 0.181. The van der Waals surface area contributed by atoms with E-state index >= 15 is 0 Å². The number of nitrogens with two attached hydrogens (primary N) is 1. The number of hydrogen-bond acceptors (Lipinski definition) is 5. The van der Waals surface area contributed by atoms with Crippen LogP contribution >= 0.6 is 0 Å². The zero-order valence-electron chi connectivity index (χ0n) is 13.0. The van der Waals surface area contributed by atoms with E-state index in [2.05, 4.69) is 0 Å². The molecule has 7 heteroatoms. The van der Waals surface area contributed by atoms with Crippen LogP contribution in [0.1, 0.15) is 17.5 Å². The molecule has 0 radical (unpaired) electrons. The highest BCUT2D eigenvalue weighted by Crippen LogP contribution is 2.20. The molecule has 2 rings (SSSR count). The van der Waals surface area contributed by atoms with Crippen LogP contribution in [0.15, 0.2) is 18.2 Å². The average Bonchev–Trinajstić information content (AvgIpc) is 2.88. The van der Waals surface area contributed by atoms with Gasteiger partial charge < -0.3 is 9.84 Å². The SMILES string of the molecule is Cc1ccc(C)c(OCC(O)CN2CCC(S(N)(=O)=O)C2)c1. The molecule has 2 unspecified atom stereocenters. The third-order valence-electron chi connectivity index (χ3n) is 3.94. The highest BCUT2D eigenvalue weighted by Gasteiger charge is 2.31. The van der Waals surface area contributed by atoms with Gasteiger partial charge in [-0.1, -0.05) is 12.1 Å². The van der Waals surface area contributed by atoms with Crippen molar-refractivity contribution >= 4 is 10.0 Å². The molecule has 1 aliphatic rings. The number of sulfonamides is 1. The van der Waals surface area contributed by atoms with Crippen molar-refractivity contribution in [2.75, 3.05) is 26.2 Å². The van der Waals surface area contributed by atoms with Crippen molar-refractivity contribution in [3.8, 4) is 5.75 Å². The lowest BCUT2D eigenvalue weighted by Crippen LogP contribution is -2.37. The van der Waals surface area contributed by atoms with E-state index in [0.717, 1.165) is 16.9 Å². The molecule has 0 bridgehead atoms. The molecule has 6 nitrogen and oxygen atoms in total. The fourth-order valence-electron chi connectivity index (χ4n) is 2.63. The zero-order chi connectivity index (χ0) is 16.3. The first-order chi connectivity index (χ1) is 10.3. The molecule has 124 valence electrons. The summed E-state index contributed by atoms with van der Waals surface area (Å²) in [6, 6.07) is 5.93. The standard InChI is InChI=1S/C15H24N2O4S/c1-11-3-4-12(2)15(7-11)21-10-13(18)8-17-6-5-14(9-17)22(16,19)20/h3-4,7,13-14,18H,5-6,8-10H2,1-2H3,(H2,16,19,20). The molecule has 1 aromatic carbocycles. The lowest BCUT2D eigenvalue weighted by molar-refractivity contribution is 0.0756. The number of likely N-dealkylation sites (tertiary alicyclic amines) is 1. The fourth-order valence-corrected chi connectivity index (χ4v) is 3.48. The van der Waals surface area contributed by atoms with E-state index in [-0.39, 0.29) is 6.61 Å². The van der Waals surface area contributed by atoms with Gasteiger partial charge in [-0.15, -0.1) is 0 Å². The minimum Gasteiger partial charge on any atom is -0.491 e. The second kappa shape index (κ2) is 6.95. The fraction of sp³-hybridized carbons (Fsp3) is 0.600. The predicted octanol–water partition coefficient (Wildman–Crippen LogP) is 0.406. The van der Waals surface area contributed by atoms with Gasteiger partial charge in [-0.25, -0.2) is 13.6 Å². The lowest BCUT2D eigenvalue weighted by Gasteiger charge is -2.20. The molecular formula is C15H24N2O4S. The van der Waals surface area contributed by atoms with Crippen LogP contribution in [0.25, 0.3) is 0 Å². The first-order valence-electron chi connectivity index (χ1n) is 7.38. The maximum absolute atomic E-state index is 11.3. The highest BCUT2D eigenvalue weighted by atomic mass is 32.2. The highest BCUT2D eigenvalue weighted by molar-refractivity contribution is 7.89. The predicted molar refractivity (Wildman–Crippen MR) is 85.4 cm³/mol. The summed E-state index contributed by atoms with van der Waals surface area (Å²) in [5.74, 6) is 0.767. The molecule has 1 aliphatic heterocycles. The van der Waals surface area contributed by atoms with Crippen LogP contribution in [-0.4, -0.2) is 56.0 Å². The van der Waals surface area contributed by atoms with Crippen LogP contribution in [0.2, 0.25) is 0 Å². The summed E-state index contributed by atoms with van der Waals surface area (Å²) in [4.78, 5) is 1.91. The Balaban J connectivity index is 1.81. The van der Waals surface area contributed by atoms with E-state index in [4.69, 9.17) is 9.88 Å². The number of aliphatic hydroxyl groups is 1. The number of hydrogen-bond donors (Lipinski definition) is 2. The largest absolute Gasteiger partial charge is 0.491 e. The second-order valence-electron chi connectivity index (χ2n) is 5.99. The van der Waals surface area contributed by atoms with E-state index in [1.54, 1.807) is 0 Å². The van der Waals surface area contributed by atoms with E-state index in [0.29, 0.717) is 26.1 Å². The summed E-state index contributed by atoms with van der Waals surface area (Å²) in [5.41, 5.74) is 2.12. The number of benzene rings is 1. The molecule has 0 saturated carbocycles. The second-order valence-corrected chi connectivity index (χ2v) is 7.84. The van der Waals surface area contributed by atoms with E-state index < -0.39 is 21.4 Å². The van der Waals surface area contributed by atoms with Gasteiger partial charge in [0.05, 0.1) is 5.25 Å². The molecule has 0 aliphatic carbocycles. The zero-order valence-corrected chi connectivity index (χ0v) is 13.8. The molecule has 3 N–H and O–H groups in total. The lowest BCUT2D eigenvalue weighted by atomic mass is 10.1. The van der Waals surface area contributed by atoms with Crippen LogP contribution < -0.4 is 9.88 Å². The number of nitrogens with zero attached hydrogens (tertiary/aromatic N) is 1. The van der Waals surface area contributed by atoms with Gasteiger partial charge in [0.1, 0.15) is 18.5 Å². The Morgan fingerprint density at radius 3 is 2.82 bits per heavy atom. The van der Waals surface area contributed by atoms with Gasteiger partial charge in [-0.3, -0.25) is 4.90 Å². The molecule has 0 spiro atoms. The molecule has 2 atom stereocenters. The average molecular weight is 328 g/mol. The van der Waals surface area contributed by atoms with Gasteiger partial charge in [0, 0.05) is 13.1 Å². The number of primary sulfonamides is 1. The first-order valence-corrected chi connectivity index (χ1v) is 8.98. The third kappa shape index (κ3) is 4.67. The normalized spacial score (nSPS) is 21.0. The number of aryl methyl sites for hydroxylation is 2. The molecule has 0 amide bonds. The Bertz CT molecular complexity index is 618. The summed E-state index contributed by atoms with van der Waals surface area (Å²) in [5, 5.41) is 14.7. The Morgan fingerprint density at radius 2 is 2.18 bits per heavy atom. The van der Waals surface area contributed by atoms with Gasteiger partial charge in [-0.05, 0) is 44.0 Å². The Labute approximate surface area is 131 Å². The molecule has 1 heterocycles. The monoisotopic (exact) mass is 328 g/mol. The quantitative estimate of drug-likeness (QED) is 0.789. The van der Waals surface area contributed by atoms with E-state index in [1.807, 2.05) is 36.9 Å². The Kier molecular flexibility index (Phi) is 5.44. The smallest absolute Gasteiger partial charge is 0.213 e. The summed E-state index contributed by atoms with van der Waals surface area (Å²) < 4.78 is 28.3. The van der Waals surface area contributed by atoms with Crippen LogP contribution in [0.3, 0.4) is 0 Å². The maximum atomic E-state index is 11.3. The van der Waals surface area contributed by atoms with Crippen molar-refractivity contribution in [2.45, 2.75) is 31.6 Å². The Morgan fingerprint density at radius 1 is 1.45 bits per heavy atom. The van der Waals surface area contributed by atoms with Crippen molar-refractivity contribution in [3.05, 3.63) is 29.3 Å². The molecule has 1 aromatic rings. The van der Waals surface area contributed by atoms with Crippen molar-refractivity contribution in [1.82, 2.24) is 4.90 Å². The van der Waals surface area contributed by atoms with Crippen LogP contribution in [0, 0.1) is 13.8 Å². The number of aliphatic hydroxyl groups excluding tert-OH is 1.